The third kappa shape index (κ3) is 3.22. The largest absolute Gasteiger partial charge is 0.573 e. The lowest BCUT2D eigenvalue weighted by Gasteiger charge is -2.09. The molecule has 0 fully saturated rings. The molecule has 1 aliphatic heterocycles. The van der Waals surface area contributed by atoms with Crippen molar-refractivity contribution in [1.82, 2.24) is 0 Å². The number of carbonyl (C=O) groups excluding carboxylic acids is 1. The molecule has 3 nitrogen and oxygen atoms in total. The maximum atomic E-state index is 13.4. The second-order valence-corrected chi connectivity index (χ2v) is 4.94. The SMILES string of the molecule is O=C1Nc2cc(F)c(F)cc2/C1=C\c1cccc(OC(F)(F)F)c1. The van der Waals surface area contributed by atoms with Crippen LogP contribution in [0.3, 0.4) is 0 Å². The van der Waals surface area contributed by atoms with Crippen molar-refractivity contribution in [1.29, 1.82) is 0 Å². The Morgan fingerprint density at radius 3 is 2.46 bits per heavy atom. The smallest absolute Gasteiger partial charge is 0.406 e. The van der Waals surface area contributed by atoms with Crippen molar-refractivity contribution in [3.8, 4) is 5.75 Å². The van der Waals surface area contributed by atoms with Crippen molar-refractivity contribution in [3.63, 3.8) is 0 Å². The molecule has 0 atom stereocenters. The first-order valence-electron chi connectivity index (χ1n) is 6.61. The van der Waals surface area contributed by atoms with Crippen molar-refractivity contribution in [2.45, 2.75) is 6.36 Å². The van der Waals surface area contributed by atoms with E-state index in [-0.39, 0.29) is 22.4 Å². The molecule has 2 aromatic rings. The summed E-state index contributed by atoms with van der Waals surface area (Å²) < 4.78 is 67.1. The van der Waals surface area contributed by atoms with Gasteiger partial charge in [-0.25, -0.2) is 8.78 Å². The molecule has 0 unspecified atom stereocenters. The van der Waals surface area contributed by atoms with Gasteiger partial charge in [0.1, 0.15) is 5.75 Å². The van der Waals surface area contributed by atoms with E-state index >= 15 is 0 Å². The molecule has 0 aliphatic carbocycles. The van der Waals surface area contributed by atoms with Crippen molar-refractivity contribution >= 4 is 23.2 Å². The third-order valence-electron chi connectivity index (χ3n) is 3.25. The van der Waals surface area contributed by atoms with E-state index in [0.717, 1.165) is 24.3 Å². The number of fused-ring (bicyclic) bond motifs is 1. The van der Waals surface area contributed by atoms with Gasteiger partial charge in [-0.1, -0.05) is 12.1 Å². The van der Waals surface area contributed by atoms with Crippen LogP contribution in [0.1, 0.15) is 11.1 Å². The Hall–Kier alpha value is -2.90. The van der Waals surface area contributed by atoms with Crippen LogP contribution in [0.5, 0.6) is 5.75 Å². The molecule has 24 heavy (non-hydrogen) atoms. The van der Waals surface area contributed by atoms with Gasteiger partial charge < -0.3 is 10.1 Å². The quantitative estimate of drug-likeness (QED) is 0.651. The monoisotopic (exact) mass is 341 g/mol. The zero-order valence-electron chi connectivity index (χ0n) is 11.7. The Labute approximate surface area is 132 Å². The zero-order chi connectivity index (χ0) is 17.5. The van der Waals surface area contributed by atoms with E-state index in [1.807, 2.05) is 0 Å². The number of amides is 1. The second-order valence-electron chi connectivity index (χ2n) is 4.94. The van der Waals surface area contributed by atoms with Gasteiger partial charge >= 0.3 is 6.36 Å². The highest BCUT2D eigenvalue weighted by molar-refractivity contribution is 6.34. The number of hydrogen-bond donors (Lipinski definition) is 1. The normalized spacial score (nSPS) is 15.4. The molecule has 0 spiro atoms. The average Bonchev–Trinajstić information content (AvgIpc) is 2.74. The number of nitrogens with one attached hydrogen (secondary N) is 1. The van der Waals surface area contributed by atoms with Gasteiger partial charge in [0.15, 0.2) is 11.6 Å². The lowest BCUT2D eigenvalue weighted by molar-refractivity contribution is -0.274. The number of carbonyl (C=O) groups is 1. The predicted molar refractivity (Wildman–Crippen MR) is 76.0 cm³/mol. The Bertz CT molecular complexity index is 858. The van der Waals surface area contributed by atoms with E-state index in [9.17, 15) is 26.7 Å². The molecule has 0 saturated heterocycles. The van der Waals surface area contributed by atoms with Crippen LogP contribution >= 0.6 is 0 Å². The van der Waals surface area contributed by atoms with Crippen molar-refractivity contribution in [3.05, 3.63) is 59.2 Å². The van der Waals surface area contributed by atoms with Gasteiger partial charge in [0.05, 0.1) is 5.69 Å². The van der Waals surface area contributed by atoms with Crippen LogP contribution in [0.2, 0.25) is 0 Å². The number of hydrogen-bond acceptors (Lipinski definition) is 2. The number of alkyl halides is 3. The molecule has 3 rings (SSSR count). The maximum absolute atomic E-state index is 13.4. The first-order valence-corrected chi connectivity index (χ1v) is 6.61. The first-order chi connectivity index (χ1) is 11.2. The highest BCUT2D eigenvalue weighted by Gasteiger charge is 2.31. The van der Waals surface area contributed by atoms with Crippen LogP contribution in [-0.4, -0.2) is 12.3 Å². The van der Waals surface area contributed by atoms with E-state index in [1.54, 1.807) is 0 Å². The number of ether oxygens (including phenoxy) is 1. The van der Waals surface area contributed by atoms with Gasteiger partial charge in [-0.2, -0.15) is 0 Å². The fraction of sp³-hybridized carbons (Fsp3) is 0.0625. The number of anilines is 1. The van der Waals surface area contributed by atoms with E-state index in [1.165, 1.54) is 18.2 Å². The molecular formula is C16H8F5NO2. The zero-order valence-corrected chi connectivity index (χ0v) is 11.7. The van der Waals surface area contributed by atoms with Gasteiger partial charge in [0.2, 0.25) is 0 Å². The molecule has 0 aromatic heterocycles. The van der Waals surface area contributed by atoms with Crippen LogP contribution in [0, 0.1) is 11.6 Å². The Morgan fingerprint density at radius 1 is 1.04 bits per heavy atom. The molecule has 0 radical (unpaired) electrons. The summed E-state index contributed by atoms with van der Waals surface area (Å²) in [5.41, 5.74) is 0.460. The third-order valence-corrected chi connectivity index (χ3v) is 3.25. The molecule has 1 aliphatic rings. The molecule has 0 bridgehead atoms. The van der Waals surface area contributed by atoms with Crippen LogP contribution in [0.25, 0.3) is 11.6 Å². The Kier molecular flexibility index (Phi) is 3.75. The van der Waals surface area contributed by atoms with E-state index in [2.05, 4.69) is 10.1 Å². The predicted octanol–water partition coefficient (Wildman–Crippen LogP) is 4.36. The van der Waals surface area contributed by atoms with Gasteiger partial charge in [-0.15, -0.1) is 13.2 Å². The fourth-order valence-electron chi connectivity index (χ4n) is 2.30. The van der Waals surface area contributed by atoms with Gasteiger partial charge in [-0.05, 0) is 29.8 Å². The molecule has 2 aromatic carbocycles. The minimum Gasteiger partial charge on any atom is -0.406 e. The van der Waals surface area contributed by atoms with E-state index in [0.29, 0.717) is 0 Å². The molecular weight excluding hydrogens is 333 g/mol. The van der Waals surface area contributed by atoms with E-state index < -0.39 is 29.7 Å². The van der Waals surface area contributed by atoms with Crippen LogP contribution in [0.15, 0.2) is 36.4 Å². The summed E-state index contributed by atoms with van der Waals surface area (Å²) in [5, 5.41) is 2.36. The summed E-state index contributed by atoms with van der Waals surface area (Å²) in [7, 11) is 0. The summed E-state index contributed by atoms with van der Waals surface area (Å²) in [6.45, 7) is 0. The fourth-order valence-corrected chi connectivity index (χ4v) is 2.30. The first kappa shape index (κ1) is 16.0. The molecule has 124 valence electrons. The van der Waals surface area contributed by atoms with Crippen LogP contribution in [-0.2, 0) is 4.79 Å². The maximum Gasteiger partial charge on any atom is 0.573 e. The standard InChI is InChI=1S/C16H8F5NO2/c17-12-6-10-11(15(23)22-14(10)7-13(12)18)5-8-2-1-3-9(4-8)24-16(19,20)21/h1-7H,(H,22,23)/b11-5+. The molecule has 8 heteroatoms. The van der Waals surface area contributed by atoms with Crippen LogP contribution in [0.4, 0.5) is 27.6 Å². The average molecular weight is 341 g/mol. The topological polar surface area (TPSA) is 38.3 Å². The Balaban J connectivity index is 2.00. The summed E-state index contributed by atoms with van der Waals surface area (Å²) in [4.78, 5) is 11.9. The van der Waals surface area contributed by atoms with Crippen molar-refractivity contribution < 1.29 is 31.5 Å². The highest BCUT2D eigenvalue weighted by atomic mass is 19.4. The molecule has 0 saturated carbocycles. The molecule has 1 heterocycles. The summed E-state index contributed by atoms with van der Waals surface area (Å²) >= 11 is 0. The summed E-state index contributed by atoms with van der Waals surface area (Å²) in [5.74, 6) is -3.32. The minimum atomic E-state index is -4.84. The van der Waals surface area contributed by atoms with Crippen molar-refractivity contribution in [2.75, 3.05) is 5.32 Å². The lowest BCUT2D eigenvalue weighted by Crippen LogP contribution is -2.17. The lowest BCUT2D eigenvalue weighted by atomic mass is 10.0. The van der Waals surface area contributed by atoms with Gasteiger partial charge in [0, 0.05) is 17.2 Å². The van der Waals surface area contributed by atoms with Crippen LogP contribution < -0.4 is 10.1 Å². The summed E-state index contributed by atoms with van der Waals surface area (Å²) in [6, 6.07) is 6.63. The van der Waals surface area contributed by atoms with E-state index in [4.69, 9.17) is 0 Å². The van der Waals surface area contributed by atoms with Gasteiger partial charge in [-0.3, -0.25) is 4.79 Å². The number of halogens is 5. The summed E-state index contributed by atoms with van der Waals surface area (Å²) in [6.07, 6.45) is -3.58. The molecule has 1 N–H and O–H groups in total. The number of benzene rings is 2. The second kappa shape index (κ2) is 5.63. The van der Waals surface area contributed by atoms with Gasteiger partial charge in [0.25, 0.3) is 5.91 Å². The molecule has 1 amide bonds. The minimum absolute atomic E-state index is 0.00746. The van der Waals surface area contributed by atoms with Crippen molar-refractivity contribution in [2.24, 2.45) is 0 Å². The highest BCUT2D eigenvalue weighted by Crippen LogP contribution is 2.35. The number of rotatable bonds is 2. The Morgan fingerprint density at radius 2 is 1.75 bits per heavy atom.